The van der Waals surface area contributed by atoms with Crippen molar-refractivity contribution in [1.29, 1.82) is 0 Å². The molecule has 118 valence electrons. The summed E-state index contributed by atoms with van der Waals surface area (Å²) in [7, 11) is 0. The highest BCUT2D eigenvalue weighted by Gasteiger charge is 2.16. The van der Waals surface area contributed by atoms with Gasteiger partial charge in [0.1, 0.15) is 0 Å². The number of aryl methyl sites for hydroxylation is 1. The van der Waals surface area contributed by atoms with E-state index in [0.29, 0.717) is 5.69 Å². The van der Waals surface area contributed by atoms with Crippen molar-refractivity contribution in [1.82, 2.24) is 0 Å². The van der Waals surface area contributed by atoms with Crippen LogP contribution in [0.4, 0.5) is 5.69 Å². The van der Waals surface area contributed by atoms with Gasteiger partial charge < -0.3 is 10.1 Å². The minimum absolute atomic E-state index is 0.367. The number of carbonyl (C=O) groups excluding carboxylic acids is 2. The molecule has 1 N–H and O–H groups in total. The zero-order valence-electron chi connectivity index (χ0n) is 13.2. The highest BCUT2D eigenvalue weighted by molar-refractivity contribution is 5.96. The van der Waals surface area contributed by atoms with Gasteiger partial charge in [-0.25, -0.2) is 4.79 Å². The second-order valence-electron chi connectivity index (χ2n) is 5.18. The molecule has 4 heteroatoms. The lowest BCUT2D eigenvalue weighted by atomic mass is 10.1. The van der Waals surface area contributed by atoms with Crippen LogP contribution >= 0.6 is 0 Å². The molecule has 0 aromatic heterocycles. The molecule has 0 bridgehead atoms. The van der Waals surface area contributed by atoms with Crippen molar-refractivity contribution in [3.63, 3.8) is 0 Å². The Kier molecular flexibility index (Phi) is 5.69. The molecule has 0 fully saturated rings. The highest BCUT2D eigenvalue weighted by Crippen LogP contribution is 2.08. The van der Waals surface area contributed by atoms with Crippen molar-refractivity contribution >= 4 is 23.6 Å². The fourth-order valence-electron chi connectivity index (χ4n) is 1.87. The molecule has 1 unspecified atom stereocenters. The van der Waals surface area contributed by atoms with Crippen molar-refractivity contribution in [2.45, 2.75) is 20.0 Å². The Labute approximate surface area is 135 Å². The standard InChI is InChI=1S/C19H19NO3/c1-14-8-10-16(11-9-14)12-13-18(21)23-15(2)19(22)20-17-6-4-3-5-7-17/h3-13,15H,1-2H3,(H,20,22). The number of benzene rings is 2. The molecule has 0 aliphatic carbocycles. The second kappa shape index (κ2) is 7.94. The van der Waals surface area contributed by atoms with Gasteiger partial charge in [0.2, 0.25) is 0 Å². The Morgan fingerprint density at radius 1 is 1.04 bits per heavy atom. The number of amides is 1. The van der Waals surface area contributed by atoms with Gasteiger partial charge in [0.15, 0.2) is 6.10 Å². The van der Waals surface area contributed by atoms with E-state index in [0.717, 1.165) is 11.1 Å². The fourth-order valence-corrected chi connectivity index (χ4v) is 1.87. The summed E-state index contributed by atoms with van der Waals surface area (Å²) in [6, 6.07) is 16.8. The number of hydrogen-bond acceptors (Lipinski definition) is 3. The van der Waals surface area contributed by atoms with Crippen LogP contribution in [-0.4, -0.2) is 18.0 Å². The Morgan fingerprint density at radius 2 is 1.70 bits per heavy atom. The summed E-state index contributed by atoms with van der Waals surface area (Å²) in [5.41, 5.74) is 2.71. The van der Waals surface area contributed by atoms with E-state index < -0.39 is 12.1 Å². The zero-order valence-corrected chi connectivity index (χ0v) is 13.2. The number of nitrogens with one attached hydrogen (secondary N) is 1. The van der Waals surface area contributed by atoms with Gasteiger partial charge in [0, 0.05) is 11.8 Å². The van der Waals surface area contributed by atoms with Gasteiger partial charge in [-0.15, -0.1) is 0 Å². The van der Waals surface area contributed by atoms with Crippen LogP contribution in [-0.2, 0) is 14.3 Å². The Bertz CT molecular complexity index is 690. The molecule has 2 rings (SSSR count). The molecule has 1 atom stereocenters. The van der Waals surface area contributed by atoms with Crippen LogP contribution in [0.15, 0.2) is 60.7 Å². The molecule has 0 aliphatic heterocycles. The topological polar surface area (TPSA) is 55.4 Å². The third kappa shape index (κ3) is 5.43. The van der Waals surface area contributed by atoms with Gasteiger partial charge in [-0.2, -0.15) is 0 Å². The lowest BCUT2D eigenvalue weighted by molar-refractivity contribution is -0.148. The lowest BCUT2D eigenvalue weighted by Gasteiger charge is -2.12. The molecule has 4 nitrogen and oxygen atoms in total. The SMILES string of the molecule is Cc1ccc(C=CC(=O)OC(C)C(=O)Nc2ccccc2)cc1. The summed E-state index contributed by atoms with van der Waals surface area (Å²) in [6.45, 7) is 3.53. The summed E-state index contributed by atoms with van der Waals surface area (Å²) in [4.78, 5) is 23.7. The second-order valence-corrected chi connectivity index (χ2v) is 5.18. The fraction of sp³-hybridized carbons (Fsp3) is 0.158. The van der Waals surface area contributed by atoms with Crippen LogP contribution < -0.4 is 5.32 Å². The molecule has 0 saturated carbocycles. The summed E-state index contributed by atoms with van der Waals surface area (Å²) in [6.07, 6.45) is 2.10. The van der Waals surface area contributed by atoms with Gasteiger partial charge in [0.25, 0.3) is 5.91 Å². The maximum atomic E-state index is 11.9. The number of esters is 1. The molecule has 0 heterocycles. The smallest absolute Gasteiger partial charge is 0.331 e. The van der Waals surface area contributed by atoms with E-state index in [-0.39, 0.29) is 5.91 Å². The maximum absolute atomic E-state index is 11.9. The Morgan fingerprint density at radius 3 is 2.35 bits per heavy atom. The Balaban J connectivity index is 1.86. The largest absolute Gasteiger partial charge is 0.449 e. The van der Waals surface area contributed by atoms with E-state index in [4.69, 9.17) is 4.74 Å². The maximum Gasteiger partial charge on any atom is 0.331 e. The Hall–Kier alpha value is -2.88. The van der Waals surface area contributed by atoms with Crippen molar-refractivity contribution in [2.24, 2.45) is 0 Å². The van der Waals surface area contributed by atoms with E-state index >= 15 is 0 Å². The van der Waals surface area contributed by atoms with E-state index in [1.807, 2.05) is 49.4 Å². The molecular formula is C19H19NO3. The highest BCUT2D eigenvalue weighted by atomic mass is 16.5. The van der Waals surface area contributed by atoms with Crippen LogP contribution in [0, 0.1) is 6.92 Å². The third-order valence-corrected chi connectivity index (χ3v) is 3.19. The molecule has 1 amide bonds. The number of ether oxygens (including phenoxy) is 1. The van der Waals surface area contributed by atoms with Gasteiger partial charge in [-0.1, -0.05) is 48.0 Å². The van der Waals surface area contributed by atoms with E-state index in [1.165, 1.54) is 13.0 Å². The first kappa shape index (κ1) is 16.5. The molecule has 2 aromatic carbocycles. The average Bonchev–Trinajstić information content (AvgIpc) is 2.55. The van der Waals surface area contributed by atoms with Crippen LogP contribution in [0.5, 0.6) is 0 Å². The van der Waals surface area contributed by atoms with Gasteiger partial charge in [-0.05, 0) is 37.6 Å². The monoisotopic (exact) mass is 309 g/mol. The number of anilines is 1. The molecule has 23 heavy (non-hydrogen) atoms. The lowest BCUT2D eigenvalue weighted by Crippen LogP contribution is -2.29. The van der Waals surface area contributed by atoms with Crippen molar-refractivity contribution in [3.8, 4) is 0 Å². The van der Waals surface area contributed by atoms with Crippen molar-refractivity contribution in [3.05, 3.63) is 71.8 Å². The number of rotatable bonds is 5. The number of carbonyl (C=O) groups is 2. The normalized spacial score (nSPS) is 11.9. The van der Waals surface area contributed by atoms with Gasteiger partial charge >= 0.3 is 5.97 Å². The van der Waals surface area contributed by atoms with Gasteiger partial charge in [-0.3, -0.25) is 4.79 Å². The van der Waals surface area contributed by atoms with Crippen LogP contribution in [0.1, 0.15) is 18.1 Å². The van der Waals surface area contributed by atoms with E-state index in [2.05, 4.69) is 5.32 Å². The summed E-state index contributed by atoms with van der Waals surface area (Å²) >= 11 is 0. The predicted molar refractivity (Wildman–Crippen MR) is 90.8 cm³/mol. The van der Waals surface area contributed by atoms with E-state index in [1.54, 1.807) is 18.2 Å². The summed E-state index contributed by atoms with van der Waals surface area (Å²) in [5, 5.41) is 2.69. The van der Waals surface area contributed by atoms with Crippen LogP contribution in [0.25, 0.3) is 6.08 Å². The number of hydrogen-bond donors (Lipinski definition) is 1. The van der Waals surface area contributed by atoms with Crippen LogP contribution in [0.3, 0.4) is 0 Å². The predicted octanol–water partition coefficient (Wildman–Crippen LogP) is 3.58. The molecule has 2 aromatic rings. The van der Waals surface area contributed by atoms with Crippen LogP contribution in [0.2, 0.25) is 0 Å². The number of para-hydroxylation sites is 1. The quantitative estimate of drug-likeness (QED) is 0.678. The molecule has 0 radical (unpaired) electrons. The molecule has 0 spiro atoms. The van der Waals surface area contributed by atoms with Gasteiger partial charge in [0.05, 0.1) is 0 Å². The molecule has 0 saturated heterocycles. The first-order valence-corrected chi connectivity index (χ1v) is 7.36. The first-order chi connectivity index (χ1) is 11.0. The minimum Gasteiger partial charge on any atom is -0.449 e. The van der Waals surface area contributed by atoms with E-state index in [9.17, 15) is 9.59 Å². The minimum atomic E-state index is -0.870. The summed E-state index contributed by atoms with van der Waals surface area (Å²) in [5.74, 6) is -0.922. The molecule has 0 aliphatic rings. The average molecular weight is 309 g/mol. The first-order valence-electron chi connectivity index (χ1n) is 7.36. The van der Waals surface area contributed by atoms with Crippen molar-refractivity contribution in [2.75, 3.05) is 5.32 Å². The molecular weight excluding hydrogens is 290 g/mol. The van der Waals surface area contributed by atoms with Crippen molar-refractivity contribution < 1.29 is 14.3 Å². The zero-order chi connectivity index (χ0) is 16.7. The third-order valence-electron chi connectivity index (χ3n) is 3.19. The summed E-state index contributed by atoms with van der Waals surface area (Å²) < 4.78 is 5.09.